The van der Waals surface area contributed by atoms with Crippen molar-refractivity contribution in [3.05, 3.63) is 66.0 Å². The SMILES string of the molecule is COC(=O)CNC(=O)C1CN(Cc2ccccc2)CCN1C(=O)c1cccnc1. The van der Waals surface area contributed by atoms with E-state index in [9.17, 15) is 14.4 Å². The zero-order chi connectivity index (χ0) is 20.6. The third kappa shape index (κ3) is 5.39. The van der Waals surface area contributed by atoms with Crippen LogP contribution in [0.5, 0.6) is 0 Å². The van der Waals surface area contributed by atoms with E-state index in [-0.39, 0.29) is 18.4 Å². The van der Waals surface area contributed by atoms with E-state index in [2.05, 4.69) is 19.9 Å². The summed E-state index contributed by atoms with van der Waals surface area (Å²) in [6, 6.07) is 12.6. The summed E-state index contributed by atoms with van der Waals surface area (Å²) in [4.78, 5) is 44.9. The van der Waals surface area contributed by atoms with Gasteiger partial charge >= 0.3 is 5.97 Å². The van der Waals surface area contributed by atoms with Crippen molar-refractivity contribution in [1.82, 2.24) is 20.1 Å². The van der Waals surface area contributed by atoms with Gasteiger partial charge in [0.25, 0.3) is 5.91 Å². The van der Waals surface area contributed by atoms with Crippen LogP contribution in [0.4, 0.5) is 0 Å². The molecule has 0 spiro atoms. The number of carbonyl (C=O) groups is 3. The Kier molecular flexibility index (Phi) is 6.91. The number of pyridine rings is 1. The van der Waals surface area contributed by atoms with Crippen LogP contribution in [-0.4, -0.2) is 71.9 Å². The molecule has 8 heteroatoms. The predicted octanol–water partition coefficient (Wildman–Crippen LogP) is 0.697. The number of hydrogen-bond donors (Lipinski definition) is 1. The van der Waals surface area contributed by atoms with E-state index in [0.717, 1.165) is 5.56 Å². The van der Waals surface area contributed by atoms with Crippen LogP contribution in [0.2, 0.25) is 0 Å². The van der Waals surface area contributed by atoms with Crippen molar-refractivity contribution >= 4 is 17.8 Å². The van der Waals surface area contributed by atoms with E-state index in [0.29, 0.717) is 31.7 Å². The molecule has 0 radical (unpaired) electrons. The van der Waals surface area contributed by atoms with E-state index < -0.39 is 12.0 Å². The topological polar surface area (TPSA) is 91.8 Å². The molecule has 152 valence electrons. The largest absolute Gasteiger partial charge is 0.468 e. The Morgan fingerprint density at radius 3 is 2.62 bits per heavy atom. The van der Waals surface area contributed by atoms with E-state index in [4.69, 9.17) is 0 Å². The number of nitrogens with one attached hydrogen (secondary N) is 1. The predicted molar refractivity (Wildman–Crippen MR) is 106 cm³/mol. The normalized spacial score (nSPS) is 16.9. The van der Waals surface area contributed by atoms with Gasteiger partial charge < -0.3 is 15.0 Å². The maximum atomic E-state index is 13.0. The lowest BCUT2D eigenvalue weighted by atomic mass is 10.1. The molecule has 1 aromatic heterocycles. The van der Waals surface area contributed by atoms with Crippen LogP contribution in [0.1, 0.15) is 15.9 Å². The highest BCUT2D eigenvalue weighted by Gasteiger charge is 2.36. The van der Waals surface area contributed by atoms with E-state index in [1.807, 2.05) is 30.3 Å². The van der Waals surface area contributed by atoms with Crippen LogP contribution in [0.3, 0.4) is 0 Å². The molecule has 1 atom stereocenters. The monoisotopic (exact) mass is 396 g/mol. The molecule has 0 aliphatic carbocycles. The van der Waals surface area contributed by atoms with Gasteiger partial charge in [-0.15, -0.1) is 0 Å². The molecular formula is C21H24N4O4. The van der Waals surface area contributed by atoms with Crippen molar-refractivity contribution in [2.75, 3.05) is 33.3 Å². The Labute approximate surface area is 169 Å². The third-order valence-corrected chi connectivity index (χ3v) is 4.82. The maximum absolute atomic E-state index is 13.0. The Hall–Kier alpha value is -3.26. The van der Waals surface area contributed by atoms with Gasteiger partial charge in [0.15, 0.2) is 0 Å². The second-order valence-electron chi connectivity index (χ2n) is 6.77. The standard InChI is InChI=1S/C21H24N4O4/c1-29-19(26)13-23-20(27)18-15-24(14-16-6-3-2-4-7-16)10-11-25(18)21(28)17-8-5-9-22-12-17/h2-9,12,18H,10-11,13-15H2,1H3,(H,23,27). The van der Waals surface area contributed by atoms with Crippen LogP contribution in [-0.2, 0) is 20.9 Å². The van der Waals surface area contributed by atoms with Crippen LogP contribution < -0.4 is 5.32 Å². The minimum atomic E-state index is -0.718. The van der Waals surface area contributed by atoms with E-state index in [1.54, 1.807) is 23.2 Å². The average molecular weight is 396 g/mol. The fraction of sp³-hybridized carbons (Fsp3) is 0.333. The lowest BCUT2D eigenvalue weighted by Crippen LogP contribution is -2.60. The lowest BCUT2D eigenvalue weighted by Gasteiger charge is -2.40. The van der Waals surface area contributed by atoms with Crippen molar-refractivity contribution in [2.45, 2.75) is 12.6 Å². The van der Waals surface area contributed by atoms with Gasteiger partial charge in [-0.3, -0.25) is 24.3 Å². The third-order valence-electron chi connectivity index (χ3n) is 4.82. The van der Waals surface area contributed by atoms with Crippen LogP contribution >= 0.6 is 0 Å². The second kappa shape index (κ2) is 9.79. The summed E-state index contributed by atoms with van der Waals surface area (Å²) in [6.07, 6.45) is 3.08. The quantitative estimate of drug-likeness (QED) is 0.723. The Balaban J connectivity index is 1.75. The molecule has 8 nitrogen and oxygen atoms in total. The first-order valence-electron chi connectivity index (χ1n) is 9.40. The molecule has 1 N–H and O–H groups in total. The summed E-state index contributed by atoms with van der Waals surface area (Å²) in [6.45, 7) is 1.85. The number of nitrogens with zero attached hydrogens (tertiary/aromatic N) is 3. The van der Waals surface area contributed by atoms with Crippen LogP contribution in [0, 0.1) is 0 Å². The number of aromatic nitrogens is 1. The fourth-order valence-corrected chi connectivity index (χ4v) is 3.30. The molecule has 2 amide bonds. The van der Waals surface area contributed by atoms with Crippen molar-refractivity contribution in [3.8, 4) is 0 Å². The fourth-order valence-electron chi connectivity index (χ4n) is 3.30. The zero-order valence-electron chi connectivity index (χ0n) is 16.3. The number of esters is 1. The zero-order valence-corrected chi connectivity index (χ0v) is 16.3. The first kappa shape index (κ1) is 20.5. The highest BCUT2D eigenvalue weighted by molar-refractivity contribution is 5.98. The van der Waals surface area contributed by atoms with Gasteiger partial charge in [-0.05, 0) is 17.7 Å². The molecule has 29 heavy (non-hydrogen) atoms. The van der Waals surface area contributed by atoms with E-state index in [1.165, 1.54) is 13.3 Å². The van der Waals surface area contributed by atoms with Gasteiger partial charge in [0, 0.05) is 38.6 Å². The number of amides is 2. The molecule has 2 aromatic rings. The summed E-state index contributed by atoms with van der Waals surface area (Å²) in [5, 5.41) is 2.57. The van der Waals surface area contributed by atoms with Gasteiger partial charge in [0.05, 0.1) is 12.7 Å². The second-order valence-corrected chi connectivity index (χ2v) is 6.77. The van der Waals surface area contributed by atoms with Gasteiger partial charge in [-0.25, -0.2) is 0 Å². The average Bonchev–Trinajstić information content (AvgIpc) is 2.78. The smallest absolute Gasteiger partial charge is 0.325 e. The number of methoxy groups -OCH3 is 1. The van der Waals surface area contributed by atoms with Gasteiger partial charge in [0.1, 0.15) is 12.6 Å². The number of piperazine rings is 1. The summed E-state index contributed by atoms with van der Waals surface area (Å²) < 4.78 is 4.58. The minimum Gasteiger partial charge on any atom is -0.468 e. The number of hydrogen-bond acceptors (Lipinski definition) is 6. The number of carbonyl (C=O) groups excluding carboxylic acids is 3. The van der Waals surface area contributed by atoms with Gasteiger partial charge in [0.2, 0.25) is 5.91 Å². The molecule has 1 aliphatic heterocycles. The highest BCUT2D eigenvalue weighted by atomic mass is 16.5. The first-order chi connectivity index (χ1) is 14.1. The van der Waals surface area contributed by atoms with Gasteiger partial charge in [-0.1, -0.05) is 30.3 Å². The Morgan fingerprint density at radius 1 is 1.14 bits per heavy atom. The maximum Gasteiger partial charge on any atom is 0.325 e. The molecule has 1 saturated heterocycles. The molecule has 1 unspecified atom stereocenters. The molecule has 3 rings (SSSR count). The summed E-state index contributed by atoms with van der Waals surface area (Å²) >= 11 is 0. The molecule has 0 bridgehead atoms. The number of rotatable bonds is 6. The molecule has 1 fully saturated rings. The van der Waals surface area contributed by atoms with Crippen molar-refractivity contribution in [3.63, 3.8) is 0 Å². The van der Waals surface area contributed by atoms with Crippen molar-refractivity contribution in [1.29, 1.82) is 0 Å². The lowest BCUT2D eigenvalue weighted by molar-refractivity contribution is -0.142. The minimum absolute atomic E-state index is 0.237. The molecular weight excluding hydrogens is 372 g/mol. The van der Waals surface area contributed by atoms with E-state index >= 15 is 0 Å². The summed E-state index contributed by atoms with van der Waals surface area (Å²) in [5.41, 5.74) is 1.56. The Morgan fingerprint density at radius 2 is 1.93 bits per heavy atom. The molecule has 1 aliphatic rings. The number of ether oxygens (including phenoxy) is 1. The molecule has 0 saturated carbocycles. The van der Waals surface area contributed by atoms with Crippen LogP contribution in [0.25, 0.3) is 0 Å². The number of benzene rings is 1. The van der Waals surface area contributed by atoms with Crippen molar-refractivity contribution in [2.24, 2.45) is 0 Å². The molecule has 2 heterocycles. The van der Waals surface area contributed by atoms with Gasteiger partial charge in [-0.2, -0.15) is 0 Å². The molecule has 1 aromatic carbocycles. The summed E-state index contributed by atoms with van der Waals surface area (Å²) in [5.74, 6) is -1.18. The first-order valence-corrected chi connectivity index (χ1v) is 9.40. The highest BCUT2D eigenvalue weighted by Crippen LogP contribution is 2.16. The van der Waals surface area contributed by atoms with Crippen molar-refractivity contribution < 1.29 is 19.1 Å². The Bertz CT molecular complexity index is 844. The van der Waals surface area contributed by atoms with Crippen LogP contribution in [0.15, 0.2) is 54.9 Å². The summed E-state index contributed by atoms with van der Waals surface area (Å²) in [7, 11) is 1.26.